The zero-order valence-corrected chi connectivity index (χ0v) is 11.9. The number of hydrogen-bond acceptors (Lipinski definition) is 4. The van der Waals surface area contributed by atoms with E-state index < -0.39 is 6.09 Å². The molecule has 0 fully saturated rings. The summed E-state index contributed by atoms with van der Waals surface area (Å²) in [6, 6.07) is 7.79. The average molecular weight is 282 g/mol. The van der Waals surface area contributed by atoms with Crippen molar-refractivity contribution in [3.05, 3.63) is 29.8 Å². The second-order valence-corrected chi connectivity index (χ2v) is 4.11. The third-order valence-electron chi connectivity index (χ3n) is 2.32. The van der Waals surface area contributed by atoms with Crippen LogP contribution in [0.5, 0.6) is 5.75 Å². The molecule has 0 aliphatic heterocycles. The summed E-state index contributed by atoms with van der Waals surface area (Å²) < 4.78 is 9.86. The molecule has 0 aliphatic carbocycles. The second kappa shape index (κ2) is 8.31. The molecule has 1 rings (SSSR count). The fourth-order valence-corrected chi connectivity index (χ4v) is 1.64. The summed E-state index contributed by atoms with van der Waals surface area (Å²) in [5.41, 5.74) is 1.13. The summed E-state index contributed by atoms with van der Waals surface area (Å²) >= 11 is 4.96. The highest BCUT2D eigenvalue weighted by Gasteiger charge is 2.03. The number of alkyl carbamates (subject to hydrolysis) is 1. The van der Waals surface area contributed by atoms with Gasteiger partial charge in [0, 0.05) is 6.54 Å². The molecular weight excluding hydrogens is 264 g/mol. The van der Waals surface area contributed by atoms with Gasteiger partial charge in [0.1, 0.15) is 5.75 Å². The van der Waals surface area contributed by atoms with Crippen LogP contribution in [0.3, 0.4) is 0 Å². The molecular formula is C13H18N2O3S. The number of thiocarbonyl (C=S) groups is 1. The van der Waals surface area contributed by atoms with Gasteiger partial charge in [0.05, 0.1) is 13.7 Å². The smallest absolute Gasteiger partial charge is 0.413 e. The summed E-state index contributed by atoms with van der Waals surface area (Å²) in [5, 5.41) is 5.63. The largest absolute Gasteiger partial charge is 0.497 e. The molecule has 1 aromatic carbocycles. The third kappa shape index (κ3) is 6.05. The van der Waals surface area contributed by atoms with Crippen molar-refractivity contribution in [1.29, 1.82) is 0 Å². The second-order valence-electron chi connectivity index (χ2n) is 3.70. The molecule has 0 heterocycles. The first-order chi connectivity index (χ1) is 9.15. The Hall–Kier alpha value is -1.82. The zero-order valence-electron chi connectivity index (χ0n) is 11.1. The maximum absolute atomic E-state index is 11.1. The zero-order chi connectivity index (χ0) is 14.1. The SMILES string of the molecule is CCOC(=O)NC(=S)NCCc1cccc(OC)c1. The van der Waals surface area contributed by atoms with Gasteiger partial charge in [0.25, 0.3) is 0 Å². The number of benzene rings is 1. The number of carbonyl (C=O) groups excluding carboxylic acids is 1. The molecule has 0 radical (unpaired) electrons. The molecule has 0 saturated carbocycles. The molecule has 0 spiro atoms. The van der Waals surface area contributed by atoms with Gasteiger partial charge in [0.15, 0.2) is 5.11 Å². The van der Waals surface area contributed by atoms with Gasteiger partial charge in [0.2, 0.25) is 0 Å². The maximum Gasteiger partial charge on any atom is 0.413 e. The summed E-state index contributed by atoms with van der Waals surface area (Å²) in [6.07, 6.45) is 0.239. The van der Waals surface area contributed by atoms with Crippen molar-refractivity contribution in [3.8, 4) is 5.75 Å². The van der Waals surface area contributed by atoms with Gasteiger partial charge in [-0.15, -0.1) is 0 Å². The number of amides is 1. The number of nitrogens with one attached hydrogen (secondary N) is 2. The number of carbonyl (C=O) groups is 1. The van der Waals surface area contributed by atoms with Crippen molar-refractivity contribution in [3.63, 3.8) is 0 Å². The first-order valence-electron chi connectivity index (χ1n) is 6.00. The van der Waals surface area contributed by atoms with E-state index >= 15 is 0 Å². The Kier molecular flexibility index (Phi) is 6.67. The average Bonchev–Trinajstić information content (AvgIpc) is 2.39. The monoisotopic (exact) mass is 282 g/mol. The van der Waals surface area contributed by atoms with Crippen molar-refractivity contribution in [2.75, 3.05) is 20.3 Å². The van der Waals surface area contributed by atoms with Crippen LogP contribution in [0.15, 0.2) is 24.3 Å². The van der Waals surface area contributed by atoms with Crippen molar-refractivity contribution in [2.24, 2.45) is 0 Å². The molecule has 5 nitrogen and oxygen atoms in total. The van der Waals surface area contributed by atoms with Gasteiger partial charge >= 0.3 is 6.09 Å². The topological polar surface area (TPSA) is 59.6 Å². The molecule has 0 aliphatic rings. The molecule has 1 aromatic rings. The third-order valence-corrected chi connectivity index (χ3v) is 2.57. The van der Waals surface area contributed by atoms with Gasteiger partial charge in [-0.2, -0.15) is 0 Å². The molecule has 104 valence electrons. The summed E-state index contributed by atoms with van der Waals surface area (Å²) in [6.45, 7) is 2.68. The van der Waals surface area contributed by atoms with Crippen LogP contribution in [-0.2, 0) is 11.2 Å². The Labute approximate surface area is 118 Å². The van der Waals surface area contributed by atoms with Crippen molar-refractivity contribution < 1.29 is 14.3 Å². The molecule has 0 unspecified atom stereocenters. The normalized spacial score (nSPS) is 9.58. The van der Waals surface area contributed by atoms with Crippen LogP contribution >= 0.6 is 12.2 Å². The Morgan fingerprint density at radius 1 is 1.42 bits per heavy atom. The Balaban J connectivity index is 2.29. The molecule has 6 heteroatoms. The van der Waals surface area contributed by atoms with E-state index in [-0.39, 0.29) is 5.11 Å². The van der Waals surface area contributed by atoms with Crippen LogP contribution in [0.1, 0.15) is 12.5 Å². The minimum absolute atomic E-state index is 0.265. The van der Waals surface area contributed by atoms with Crippen molar-refractivity contribution >= 4 is 23.4 Å². The van der Waals surface area contributed by atoms with E-state index in [1.165, 1.54) is 0 Å². The highest BCUT2D eigenvalue weighted by molar-refractivity contribution is 7.80. The van der Waals surface area contributed by atoms with E-state index in [1.807, 2.05) is 24.3 Å². The Bertz CT molecular complexity index is 438. The summed E-state index contributed by atoms with van der Waals surface area (Å²) in [5.74, 6) is 0.824. The highest BCUT2D eigenvalue weighted by Crippen LogP contribution is 2.12. The molecule has 0 atom stereocenters. The first-order valence-corrected chi connectivity index (χ1v) is 6.41. The standard InChI is InChI=1S/C13H18N2O3S/c1-3-18-13(16)15-12(19)14-8-7-10-5-4-6-11(9-10)17-2/h4-6,9H,3,7-8H2,1-2H3,(H2,14,15,16,19). The lowest BCUT2D eigenvalue weighted by Gasteiger charge is -2.09. The number of rotatable bonds is 5. The van der Waals surface area contributed by atoms with Gasteiger partial charge < -0.3 is 14.8 Å². The van der Waals surface area contributed by atoms with Gasteiger partial charge in [-0.05, 0) is 43.3 Å². The lowest BCUT2D eigenvalue weighted by atomic mass is 10.1. The Morgan fingerprint density at radius 3 is 2.89 bits per heavy atom. The van der Waals surface area contributed by atoms with Crippen LogP contribution < -0.4 is 15.4 Å². The van der Waals surface area contributed by atoms with E-state index in [0.29, 0.717) is 13.2 Å². The minimum atomic E-state index is -0.540. The van der Waals surface area contributed by atoms with Crippen LogP contribution in [0.4, 0.5) is 4.79 Å². The van der Waals surface area contributed by atoms with Gasteiger partial charge in [-0.25, -0.2) is 4.79 Å². The lowest BCUT2D eigenvalue weighted by Crippen LogP contribution is -2.40. The molecule has 0 saturated heterocycles. The quantitative estimate of drug-likeness (QED) is 0.807. The number of hydrogen-bond donors (Lipinski definition) is 2. The van der Waals surface area contributed by atoms with E-state index in [4.69, 9.17) is 21.7 Å². The van der Waals surface area contributed by atoms with Crippen LogP contribution in [0.25, 0.3) is 0 Å². The predicted octanol–water partition coefficient (Wildman–Crippen LogP) is 1.86. The van der Waals surface area contributed by atoms with Gasteiger partial charge in [-0.3, -0.25) is 5.32 Å². The minimum Gasteiger partial charge on any atom is -0.497 e. The Morgan fingerprint density at radius 2 is 2.21 bits per heavy atom. The van der Waals surface area contributed by atoms with E-state index in [1.54, 1.807) is 14.0 Å². The van der Waals surface area contributed by atoms with Crippen molar-refractivity contribution in [2.45, 2.75) is 13.3 Å². The number of ether oxygens (including phenoxy) is 2. The molecule has 19 heavy (non-hydrogen) atoms. The van der Waals surface area contributed by atoms with Crippen molar-refractivity contribution in [1.82, 2.24) is 10.6 Å². The summed E-state index contributed by atoms with van der Waals surface area (Å²) in [4.78, 5) is 11.1. The molecule has 0 bridgehead atoms. The van der Waals surface area contributed by atoms with Crippen LogP contribution in [-0.4, -0.2) is 31.5 Å². The van der Waals surface area contributed by atoms with E-state index in [9.17, 15) is 4.79 Å². The molecule has 2 N–H and O–H groups in total. The van der Waals surface area contributed by atoms with E-state index in [2.05, 4.69) is 10.6 Å². The van der Waals surface area contributed by atoms with Crippen LogP contribution in [0.2, 0.25) is 0 Å². The first kappa shape index (κ1) is 15.2. The predicted molar refractivity (Wildman–Crippen MR) is 77.5 cm³/mol. The molecule has 1 amide bonds. The maximum atomic E-state index is 11.1. The van der Waals surface area contributed by atoms with E-state index in [0.717, 1.165) is 17.7 Å². The highest BCUT2D eigenvalue weighted by atomic mass is 32.1. The molecule has 0 aromatic heterocycles. The lowest BCUT2D eigenvalue weighted by molar-refractivity contribution is 0.157. The number of methoxy groups -OCH3 is 1. The summed E-state index contributed by atoms with van der Waals surface area (Å²) in [7, 11) is 1.63. The van der Waals surface area contributed by atoms with Gasteiger partial charge in [-0.1, -0.05) is 12.1 Å². The fraction of sp³-hybridized carbons (Fsp3) is 0.385. The van der Waals surface area contributed by atoms with Crippen LogP contribution in [0, 0.1) is 0 Å². The fourth-order valence-electron chi connectivity index (χ4n) is 1.45.